The molecule has 10 heteroatoms. The van der Waals surface area contributed by atoms with Gasteiger partial charge >= 0.3 is 0 Å². The minimum Gasteiger partial charge on any atom is -0.388 e. The lowest BCUT2D eigenvalue weighted by Crippen LogP contribution is -2.59. The maximum Gasteiger partial charge on any atom is 0.157 e. The average molecular weight is 414 g/mol. The Morgan fingerprint density at radius 2 is 1.17 bits per heavy atom. The molecular weight excluding hydrogens is 384 g/mol. The van der Waals surface area contributed by atoms with E-state index in [-0.39, 0.29) is 0 Å². The van der Waals surface area contributed by atoms with Gasteiger partial charge in [0.25, 0.3) is 0 Å². The average Bonchev–Trinajstić information content (AvgIpc) is 2.69. The van der Waals surface area contributed by atoms with Gasteiger partial charge in [0, 0.05) is 11.4 Å². The van der Waals surface area contributed by atoms with E-state index >= 15 is 0 Å². The predicted molar refractivity (Wildman–Crippen MR) is 103 cm³/mol. The second-order valence-corrected chi connectivity index (χ2v) is 7.79. The van der Waals surface area contributed by atoms with Gasteiger partial charge in [-0.25, -0.2) is 0 Å². The third-order valence-electron chi connectivity index (χ3n) is 5.55. The van der Waals surface area contributed by atoms with E-state index in [1.165, 1.54) is 0 Å². The summed E-state index contributed by atoms with van der Waals surface area (Å²) in [6, 6.07) is 5.24. The monoisotopic (exact) mass is 414 g/mol. The fourth-order valence-electron chi connectivity index (χ4n) is 3.53. The number of hydrogen-bond donors (Lipinski definition) is 8. The molecule has 29 heavy (non-hydrogen) atoms. The molecule has 0 amide bonds. The van der Waals surface area contributed by atoms with E-state index in [0.29, 0.717) is 11.4 Å². The van der Waals surface area contributed by atoms with Crippen LogP contribution >= 0.6 is 0 Å². The van der Waals surface area contributed by atoms with Gasteiger partial charge in [0.05, 0.1) is 12.2 Å². The largest absolute Gasteiger partial charge is 0.388 e. The van der Waals surface area contributed by atoms with Crippen molar-refractivity contribution in [2.24, 2.45) is 0 Å². The summed E-state index contributed by atoms with van der Waals surface area (Å²) < 4.78 is 11.1. The number of rotatable bonds is 4. The summed E-state index contributed by atoms with van der Waals surface area (Å²) in [7, 11) is 0. The Labute approximate surface area is 168 Å². The summed E-state index contributed by atoms with van der Waals surface area (Å²) in [5, 5.41) is 65.9. The van der Waals surface area contributed by atoms with E-state index in [4.69, 9.17) is 9.47 Å². The molecule has 2 fully saturated rings. The topological polar surface area (TPSA) is 164 Å². The van der Waals surface area contributed by atoms with E-state index in [0.717, 1.165) is 5.56 Å². The molecule has 3 rings (SSSR count). The first kappa shape index (κ1) is 22.2. The van der Waals surface area contributed by atoms with Crippen LogP contribution in [0.4, 0.5) is 11.4 Å². The van der Waals surface area contributed by atoms with E-state index < -0.39 is 61.3 Å². The third-order valence-corrected chi connectivity index (χ3v) is 5.55. The summed E-state index contributed by atoms with van der Waals surface area (Å²) in [6.07, 6.45) is -11.0. The van der Waals surface area contributed by atoms with E-state index in [1.54, 1.807) is 32.0 Å². The summed E-state index contributed by atoms with van der Waals surface area (Å²) in [6.45, 7) is 5.03. The molecule has 2 aliphatic heterocycles. The lowest BCUT2D eigenvalue weighted by molar-refractivity contribution is -0.209. The number of aryl methyl sites for hydroxylation is 1. The Morgan fingerprint density at radius 3 is 1.69 bits per heavy atom. The molecule has 2 heterocycles. The molecule has 2 aliphatic rings. The molecule has 164 valence electrons. The second-order valence-electron chi connectivity index (χ2n) is 7.79. The van der Waals surface area contributed by atoms with Crippen LogP contribution in [0.3, 0.4) is 0 Å². The summed E-state index contributed by atoms with van der Waals surface area (Å²) >= 11 is 0. The fraction of sp³-hybridized carbons (Fsp3) is 0.684. The number of nitrogens with one attached hydrogen (secondary N) is 2. The lowest BCUT2D eigenvalue weighted by atomic mass is 9.98. The van der Waals surface area contributed by atoms with Crippen LogP contribution in [0.25, 0.3) is 0 Å². The highest BCUT2D eigenvalue weighted by Crippen LogP contribution is 2.28. The third kappa shape index (κ3) is 4.49. The first-order chi connectivity index (χ1) is 13.6. The van der Waals surface area contributed by atoms with Gasteiger partial charge in [-0.3, -0.25) is 0 Å². The highest BCUT2D eigenvalue weighted by Gasteiger charge is 2.43. The normalized spacial score (nSPS) is 43.1. The van der Waals surface area contributed by atoms with Gasteiger partial charge < -0.3 is 50.7 Å². The van der Waals surface area contributed by atoms with Crippen LogP contribution in [-0.2, 0) is 9.47 Å². The Bertz CT molecular complexity index is 707. The molecule has 1 aromatic rings. The SMILES string of the molecule is Cc1ccc(N[C@@H]2O[C@H](C)[C@H](O)[C@H](O)[C@@H]2O)cc1N[C@@H]1O[C@H](C)[C@H](O)[C@@H](O)[C@H]1O. The fourth-order valence-corrected chi connectivity index (χ4v) is 3.53. The standard InChI is InChI=1S/C19H30N2O8/c1-7-4-5-10(20-18-16(26)14(24)12(22)8(2)28-18)6-11(7)21-19-17(27)15(25)13(23)9(3)29-19/h4-6,8-9,12-27H,1-3H3/t8-,9-,12+,13+,14+,15-,16+,17-,18-,19-/m1/s1. The highest BCUT2D eigenvalue weighted by atomic mass is 16.6. The lowest BCUT2D eigenvalue weighted by Gasteiger charge is -2.40. The highest BCUT2D eigenvalue weighted by molar-refractivity contribution is 5.61. The number of aliphatic hydroxyl groups is 6. The molecule has 0 saturated carbocycles. The molecule has 2 saturated heterocycles. The Balaban J connectivity index is 1.73. The van der Waals surface area contributed by atoms with Gasteiger partial charge in [-0.15, -0.1) is 0 Å². The molecule has 0 aliphatic carbocycles. The Kier molecular flexibility index (Phi) is 6.66. The summed E-state index contributed by atoms with van der Waals surface area (Å²) in [5.41, 5.74) is 1.97. The van der Waals surface area contributed by atoms with Gasteiger partial charge in [0.15, 0.2) is 12.5 Å². The van der Waals surface area contributed by atoms with Crippen molar-refractivity contribution in [3.63, 3.8) is 0 Å². The first-order valence-electron chi connectivity index (χ1n) is 9.63. The van der Waals surface area contributed by atoms with Crippen LogP contribution < -0.4 is 10.6 Å². The van der Waals surface area contributed by atoms with Crippen LogP contribution in [0.15, 0.2) is 18.2 Å². The molecule has 0 radical (unpaired) electrons. The minimum atomic E-state index is -1.35. The Hall–Kier alpha value is -1.50. The number of benzene rings is 1. The van der Waals surface area contributed by atoms with Gasteiger partial charge in [-0.05, 0) is 38.5 Å². The zero-order chi connectivity index (χ0) is 21.5. The maximum atomic E-state index is 10.2. The minimum absolute atomic E-state index is 0.553. The van der Waals surface area contributed by atoms with Gasteiger partial charge in [-0.2, -0.15) is 0 Å². The molecule has 10 nitrogen and oxygen atoms in total. The molecule has 0 spiro atoms. The number of aliphatic hydroxyl groups excluding tert-OH is 6. The Morgan fingerprint density at radius 1 is 0.690 bits per heavy atom. The molecule has 1 aromatic carbocycles. The summed E-state index contributed by atoms with van der Waals surface area (Å²) in [5.74, 6) is 0. The summed E-state index contributed by atoms with van der Waals surface area (Å²) in [4.78, 5) is 0. The van der Waals surface area contributed by atoms with Crippen molar-refractivity contribution < 1.29 is 40.1 Å². The zero-order valence-corrected chi connectivity index (χ0v) is 16.5. The van der Waals surface area contributed by atoms with Crippen molar-refractivity contribution in [3.05, 3.63) is 23.8 Å². The molecule has 0 aromatic heterocycles. The second kappa shape index (κ2) is 8.70. The van der Waals surface area contributed by atoms with Crippen molar-refractivity contribution in [1.82, 2.24) is 0 Å². The van der Waals surface area contributed by atoms with Crippen molar-refractivity contribution >= 4 is 11.4 Å². The molecular formula is C19H30N2O8. The van der Waals surface area contributed by atoms with E-state index in [2.05, 4.69) is 10.6 Å². The van der Waals surface area contributed by atoms with Gasteiger partial charge in [0.2, 0.25) is 0 Å². The molecule has 8 N–H and O–H groups in total. The van der Waals surface area contributed by atoms with Crippen LogP contribution in [-0.4, -0.2) is 91.9 Å². The quantitative estimate of drug-likeness (QED) is 0.290. The van der Waals surface area contributed by atoms with E-state index in [1.807, 2.05) is 6.92 Å². The van der Waals surface area contributed by atoms with Crippen LogP contribution in [0, 0.1) is 6.92 Å². The van der Waals surface area contributed by atoms with Gasteiger partial charge in [-0.1, -0.05) is 6.07 Å². The van der Waals surface area contributed by atoms with Gasteiger partial charge in [0.1, 0.15) is 36.6 Å². The van der Waals surface area contributed by atoms with Crippen molar-refractivity contribution in [1.29, 1.82) is 0 Å². The maximum absolute atomic E-state index is 10.2. The van der Waals surface area contributed by atoms with E-state index in [9.17, 15) is 30.6 Å². The zero-order valence-electron chi connectivity index (χ0n) is 16.5. The van der Waals surface area contributed by atoms with Crippen molar-refractivity contribution in [2.75, 3.05) is 10.6 Å². The molecule has 0 unspecified atom stereocenters. The van der Waals surface area contributed by atoms with Crippen LogP contribution in [0.2, 0.25) is 0 Å². The van der Waals surface area contributed by atoms with Crippen molar-refractivity contribution in [3.8, 4) is 0 Å². The van der Waals surface area contributed by atoms with Crippen LogP contribution in [0.5, 0.6) is 0 Å². The number of anilines is 2. The molecule has 10 atom stereocenters. The number of ether oxygens (including phenoxy) is 2. The van der Waals surface area contributed by atoms with Crippen LogP contribution in [0.1, 0.15) is 19.4 Å². The number of hydrogen-bond acceptors (Lipinski definition) is 10. The van der Waals surface area contributed by atoms with Crippen molar-refractivity contribution in [2.45, 2.75) is 82.1 Å². The first-order valence-corrected chi connectivity index (χ1v) is 9.63. The smallest absolute Gasteiger partial charge is 0.157 e. The molecule has 0 bridgehead atoms. The predicted octanol–water partition coefficient (Wildman–Crippen LogP) is -1.53.